The maximum Gasteiger partial charge on any atom is 0.306 e. The third-order valence-corrected chi connectivity index (χ3v) is 3.26. The average molecular weight is 310 g/mol. The topological polar surface area (TPSA) is 109 Å². The standard InChI is InChI=1S/C14H18N2O6/c17-12(3-4-15-14(20)11-2-1-6-22-11)16-5-7-21-10(9-16)8-13(18)19/h1-2,6,10H,3-5,7-9H2,(H,15,20)(H,18,19). The van der Waals surface area contributed by atoms with Gasteiger partial charge in [-0.05, 0) is 12.1 Å². The Morgan fingerprint density at radius 1 is 1.41 bits per heavy atom. The number of hydrogen-bond donors (Lipinski definition) is 2. The Labute approximate surface area is 127 Å². The highest BCUT2D eigenvalue weighted by molar-refractivity contribution is 5.91. The Hall–Kier alpha value is -2.35. The van der Waals surface area contributed by atoms with Gasteiger partial charge in [0.25, 0.3) is 5.91 Å². The Bertz CT molecular complexity index is 527. The van der Waals surface area contributed by atoms with Gasteiger partial charge in [-0.3, -0.25) is 14.4 Å². The van der Waals surface area contributed by atoms with E-state index >= 15 is 0 Å². The van der Waals surface area contributed by atoms with Crippen LogP contribution in [0.15, 0.2) is 22.8 Å². The van der Waals surface area contributed by atoms with E-state index in [0.29, 0.717) is 13.2 Å². The summed E-state index contributed by atoms with van der Waals surface area (Å²) in [6.45, 7) is 1.21. The number of ether oxygens (including phenoxy) is 1. The molecule has 1 unspecified atom stereocenters. The molecule has 0 saturated carbocycles. The Morgan fingerprint density at radius 3 is 2.91 bits per heavy atom. The van der Waals surface area contributed by atoms with Gasteiger partial charge >= 0.3 is 5.97 Å². The fraction of sp³-hybridized carbons (Fsp3) is 0.500. The number of hydrogen-bond acceptors (Lipinski definition) is 5. The molecule has 0 aliphatic carbocycles. The Kier molecular flexibility index (Phi) is 5.54. The van der Waals surface area contributed by atoms with Gasteiger partial charge in [-0.1, -0.05) is 0 Å². The van der Waals surface area contributed by atoms with E-state index in [1.54, 1.807) is 11.0 Å². The minimum Gasteiger partial charge on any atom is -0.481 e. The van der Waals surface area contributed by atoms with Crippen LogP contribution in [0.4, 0.5) is 0 Å². The normalized spacial score (nSPS) is 18.0. The quantitative estimate of drug-likeness (QED) is 0.771. The monoisotopic (exact) mass is 310 g/mol. The van der Waals surface area contributed by atoms with Gasteiger partial charge in [0.1, 0.15) is 0 Å². The molecule has 2 N–H and O–H groups in total. The van der Waals surface area contributed by atoms with E-state index in [1.165, 1.54) is 12.3 Å². The highest BCUT2D eigenvalue weighted by atomic mass is 16.5. The van der Waals surface area contributed by atoms with Gasteiger partial charge in [0.05, 0.1) is 25.4 Å². The van der Waals surface area contributed by atoms with Crippen molar-refractivity contribution in [2.24, 2.45) is 0 Å². The lowest BCUT2D eigenvalue weighted by Crippen LogP contribution is -2.47. The third kappa shape index (κ3) is 4.59. The number of carboxylic acid groups (broad SMARTS) is 1. The summed E-state index contributed by atoms with van der Waals surface area (Å²) in [6.07, 6.45) is 0.940. The van der Waals surface area contributed by atoms with Crippen LogP contribution in [0, 0.1) is 0 Å². The number of morpholine rings is 1. The van der Waals surface area contributed by atoms with Gasteiger partial charge in [-0.2, -0.15) is 0 Å². The number of nitrogens with zero attached hydrogens (tertiary/aromatic N) is 1. The predicted molar refractivity (Wildman–Crippen MR) is 74.2 cm³/mol. The molecular formula is C14H18N2O6. The number of carboxylic acids is 1. The number of furan rings is 1. The predicted octanol–water partition coefficient (Wildman–Crippen LogP) is 0.102. The second kappa shape index (κ2) is 7.60. The van der Waals surface area contributed by atoms with Crippen LogP contribution in [0.1, 0.15) is 23.4 Å². The van der Waals surface area contributed by atoms with E-state index in [1.807, 2.05) is 0 Å². The number of carbonyl (C=O) groups is 3. The van der Waals surface area contributed by atoms with Crippen LogP contribution in [0.5, 0.6) is 0 Å². The molecule has 0 spiro atoms. The van der Waals surface area contributed by atoms with Crippen molar-refractivity contribution in [1.29, 1.82) is 0 Å². The summed E-state index contributed by atoms with van der Waals surface area (Å²) in [6, 6.07) is 3.14. The van der Waals surface area contributed by atoms with E-state index in [0.717, 1.165) is 0 Å². The molecule has 1 fully saturated rings. The fourth-order valence-corrected chi connectivity index (χ4v) is 2.20. The number of nitrogens with one attached hydrogen (secondary N) is 1. The van der Waals surface area contributed by atoms with Crippen LogP contribution >= 0.6 is 0 Å². The molecule has 1 aliphatic heterocycles. The van der Waals surface area contributed by atoms with Crippen LogP contribution < -0.4 is 5.32 Å². The van der Waals surface area contributed by atoms with Crippen LogP contribution in [-0.2, 0) is 14.3 Å². The number of rotatable bonds is 6. The first-order chi connectivity index (χ1) is 10.6. The summed E-state index contributed by atoms with van der Waals surface area (Å²) in [5.41, 5.74) is 0. The summed E-state index contributed by atoms with van der Waals surface area (Å²) in [4.78, 5) is 35.9. The third-order valence-electron chi connectivity index (χ3n) is 3.26. The molecular weight excluding hydrogens is 292 g/mol. The summed E-state index contributed by atoms with van der Waals surface area (Å²) < 4.78 is 10.2. The zero-order valence-electron chi connectivity index (χ0n) is 12.0. The number of amides is 2. The van der Waals surface area contributed by atoms with Crippen molar-refractivity contribution in [3.8, 4) is 0 Å². The molecule has 8 nitrogen and oxygen atoms in total. The molecule has 1 aromatic heterocycles. The molecule has 1 atom stereocenters. The summed E-state index contributed by atoms with van der Waals surface area (Å²) in [7, 11) is 0. The zero-order valence-corrected chi connectivity index (χ0v) is 12.0. The fourth-order valence-electron chi connectivity index (χ4n) is 2.20. The molecule has 1 aliphatic rings. The van der Waals surface area contributed by atoms with Crippen molar-refractivity contribution in [3.63, 3.8) is 0 Å². The maximum atomic E-state index is 12.0. The van der Waals surface area contributed by atoms with Gasteiger partial charge in [0, 0.05) is 26.1 Å². The highest BCUT2D eigenvalue weighted by Crippen LogP contribution is 2.10. The van der Waals surface area contributed by atoms with Crippen molar-refractivity contribution >= 4 is 17.8 Å². The van der Waals surface area contributed by atoms with Crippen molar-refractivity contribution in [1.82, 2.24) is 10.2 Å². The highest BCUT2D eigenvalue weighted by Gasteiger charge is 2.25. The molecule has 0 aromatic carbocycles. The first kappa shape index (κ1) is 16.0. The summed E-state index contributed by atoms with van der Waals surface area (Å²) in [5.74, 6) is -1.27. The minimum atomic E-state index is -0.954. The molecule has 1 saturated heterocycles. The molecule has 0 radical (unpaired) electrons. The molecule has 22 heavy (non-hydrogen) atoms. The van der Waals surface area contributed by atoms with Crippen LogP contribution in [0.3, 0.4) is 0 Å². The van der Waals surface area contributed by atoms with E-state index in [-0.39, 0.29) is 43.5 Å². The zero-order chi connectivity index (χ0) is 15.9. The maximum absolute atomic E-state index is 12.0. The van der Waals surface area contributed by atoms with Crippen molar-refractivity contribution in [3.05, 3.63) is 24.2 Å². The van der Waals surface area contributed by atoms with Gasteiger partial charge in [0.2, 0.25) is 5.91 Å². The van der Waals surface area contributed by atoms with E-state index in [4.69, 9.17) is 14.3 Å². The lowest BCUT2D eigenvalue weighted by Gasteiger charge is -2.32. The van der Waals surface area contributed by atoms with Crippen LogP contribution in [0.25, 0.3) is 0 Å². The first-order valence-electron chi connectivity index (χ1n) is 6.99. The Morgan fingerprint density at radius 2 is 2.23 bits per heavy atom. The van der Waals surface area contributed by atoms with Gasteiger partial charge < -0.3 is 24.5 Å². The second-order valence-corrected chi connectivity index (χ2v) is 4.91. The van der Waals surface area contributed by atoms with Crippen molar-refractivity contribution in [2.75, 3.05) is 26.2 Å². The SMILES string of the molecule is O=C(O)CC1CN(C(=O)CCNC(=O)c2ccco2)CCO1. The smallest absolute Gasteiger partial charge is 0.306 e. The average Bonchev–Trinajstić information content (AvgIpc) is 3.01. The minimum absolute atomic E-state index is 0.126. The van der Waals surface area contributed by atoms with Gasteiger partial charge in [0.15, 0.2) is 5.76 Å². The first-order valence-corrected chi connectivity index (χ1v) is 6.99. The lowest BCUT2D eigenvalue weighted by atomic mass is 10.2. The van der Waals surface area contributed by atoms with E-state index in [9.17, 15) is 14.4 Å². The van der Waals surface area contributed by atoms with E-state index in [2.05, 4.69) is 5.32 Å². The molecule has 0 bridgehead atoms. The molecule has 120 valence electrons. The van der Waals surface area contributed by atoms with Gasteiger partial charge in [-0.25, -0.2) is 0 Å². The largest absolute Gasteiger partial charge is 0.481 e. The molecule has 8 heteroatoms. The molecule has 2 heterocycles. The molecule has 1 aromatic rings. The molecule has 2 rings (SSSR count). The van der Waals surface area contributed by atoms with Crippen LogP contribution in [-0.4, -0.2) is 60.1 Å². The van der Waals surface area contributed by atoms with Crippen molar-refractivity contribution < 1.29 is 28.6 Å². The number of carbonyl (C=O) groups excluding carboxylic acids is 2. The van der Waals surface area contributed by atoms with E-state index < -0.39 is 12.1 Å². The summed E-state index contributed by atoms with van der Waals surface area (Å²) >= 11 is 0. The second-order valence-electron chi connectivity index (χ2n) is 4.91. The van der Waals surface area contributed by atoms with Crippen molar-refractivity contribution in [2.45, 2.75) is 18.9 Å². The Balaban J connectivity index is 1.72. The summed E-state index contributed by atoms with van der Waals surface area (Å²) in [5, 5.41) is 11.3. The van der Waals surface area contributed by atoms with Gasteiger partial charge in [-0.15, -0.1) is 0 Å². The number of aliphatic carboxylic acids is 1. The molecule has 2 amide bonds. The van der Waals surface area contributed by atoms with Crippen LogP contribution in [0.2, 0.25) is 0 Å². The lowest BCUT2D eigenvalue weighted by molar-refractivity contribution is -0.147.